The molecule has 1 aromatic carbocycles. The molecule has 1 aromatic rings. The fourth-order valence-electron chi connectivity index (χ4n) is 2.85. The predicted molar refractivity (Wildman–Crippen MR) is 95.5 cm³/mol. The lowest BCUT2D eigenvalue weighted by Gasteiger charge is -2.30. The van der Waals surface area contributed by atoms with Gasteiger partial charge < -0.3 is 10.2 Å². The molecule has 1 aliphatic rings. The summed E-state index contributed by atoms with van der Waals surface area (Å²) in [5, 5.41) is 3.15. The summed E-state index contributed by atoms with van der Waals surface area (Å²) in [6.45, 7) is 1.39. The quantitative estimate of drug-likeness (QED) is 0.652. The Balaban J connectivity index is 1.81. The van der Waals surface area contributed by atoms with Crippen LogP contribution in [0, 0.1) is 0 Å². The van der Waals surface area contributed by atoms with E-state index in [0.29, 0.717) is 13.1 Å². The van der Waals surface area contributed by atoms with E-state index in [-0.39, 0.29) is 0 Å². The molecule has 0 radical (unpaired) electrons. The van der Waals surface area contributed by atoms with Gasteiger partial charge in [-0.05, 0) is 24.6 Å². The zero-order chi connectivity index (χ0) is 18.3. The van der Waals surface area contributed by atoms with Gasteiger partial charge in [0, 0.05) is 33.2 Å². The molecule has 0 bridgehead atoms. The van der Waals surface area contributed by atoms with Gasteiger partial charge in [-0.1, -0.05) is 36.4 Å². The maximum atomic E-state index is 12.3. The van der Waals surface area contributed by atoms with Crippen LogP contribution in [-0.2, 0) is 0 Å². The van der Waals surface area contributed by atoms with E-state index >= 15 is 0 Å². The summed E-state index contributed by atoms with van der Waals surface area (Å²) in [6.07, 6.45) is -1.07. The number of hydrogen-bond donors (Lipinski definition) is 1. The highest BCUT2D eigenvalue weighted by Gasteiger charge is 2.28. The summed E-state index contributed by atoms with van der Waals surface area (Å²) in [6, 6.07) is 10.3. The predicted octanol–water partition coefficient (Wildman–Crippen LogP) is 2.85. The van der Waals surface area contributed by atoms with Crippen LogP contribution in [0.3, 0.4) is 0 Å². The Hall–Kier alpha value is -2.02. The molecule has 0 aliphatic carbocycles. The summed E-state index contributed by atoms with van der Waals surface area (Å²) < 4.78 is 37.0. The first-order valence-electron chi connectivity index (χ1n) is 8.34. The number of nitrogens with one attached hydrogen (secondary N) is 1. The monoisotopic (exact) mass is 354 g/mol. The Kier molecular flexibility index (Phi) is 6.87. The average Bonchev–Trinajstić information content (AvgIpc) is 2.58. The topological polar surface area (TPSA) is 30.9 Å². The summed E-state index contributed by atoms with van der Waals surface area (Å²) in [7, 11) is 3.16. The van der Waals surface area contributed by atoms with Crippen LogP contribution in [-0.4, -0.2) is 68.8 Å². The van der Waals surface area contributed by atoms with Crippen LogP contribution in [0.2, 0.25) is 0 Å². The van der Waals surface area contributed by atoms with Crippen LogP contribution in [0.25, 0.3) is 5.57 Å². The molecule has 2 rings (SSSR count). The SMILES string of the molecule is CN=C(NCCN(C)CC(F)(F)F)N1CC=C(c2ccccc2)CC1. The standard InChI is InChI=1S/C18H25F3N4/c1-22-17(23-10-13-24(2)14-18(19,20)21)25-11-8-16(9-12-25)15-6-4-3-5-7-15/h3-8H,9-14H2,1-2H3,(H,22,23). The van der Waals surface area contributed by atoms with Gasteiger partial charge in [0.05, 0.1) is 6.54 Å². The van der Waals surface area contributed by atoms with Crippen LogP contribution in [0.1, 0.15) is 12.0 Å². The van der Waals surface area contributed by atoms with E-state index in [9.17, 15) is 13.2 Å². The molecular weight excluding hydrogens is 329 g/mol. The van der Waals surface area contributed by atoms with E-state index in [1.807, 2.05) is 18.2 Å². The number of nitrogens with zero attached hydrogens (tertiary/aromatic N) is 3. The van der Waals surface area contributed by atoms with Crippen LogP contribution in [0.4, 0.5) is 13.2 Å². The number of likely N-dealkylation sites (N-methyl/N-ethyl adjacent to an activating group) is 1. The first kappa shape index (κ1) is 19.3. The summed E-state index contributed by atoms with van der Waals surface area (Å²) >= 11 is 0. The molecular formula is C18H25F3N4. The smallest absolute Gasteiger partial charge is 0.355 e. The first-order valence-corrected chi connectivity index (χ1v) is 8.34. The molecule has 1 N–H and O–H groups in total. The number of hydrogen-bond acceptors (Lipinski definition) is 2. The van der Waals surface area contributed by atoms with E-state index in [4.69, 9.17) is 0 Å². The lowest BCUT2D eigenvalue weighted by atomic mass is 10.00. The highest BCUT2D eigenvalue weighted by molar-refractivity contribution is 5.81. The second-order valence-corrected chi connectivity index (χ2v) is 6.12. The Bertz CT molecular complexity index is 596. The van der Waals surface area contributed by atoms with Gasteiger partial charge in [-0.3, -0.25) is 9.89 Å². The molecule has 0 fully saturated rings. The van der Waals surface area contributed by atoms with Gasteiger partial charge in [0.2, 0.25) is 0 Å². The van der Waals surface area contributed by atoms with E-state index in [2.05, 4.69) is 33.4 Å². The van der Waals surface area contributed by atoms with Gasteiger partial charge in [0.25, 0.3) is 0 Å². The number of aliphatic imine (C=N–C) groups is 1. The average molecular weight is 354 g/mol. The fourth-order valence-corrected chi connectivity index (χ4v) is 2.85. The van der Waals surface area contributed by atoms with Gasteiger partial charge in [0.15, 0.2) is 5.96 Å². The minimum absolute atomic E-state index is 0.303. The zero-order valence-electron chi connectivity index (χ0n) is 14.7. The Morgan fingerprint density at radius 3 is 2.56 bits per heavy atom. The van der Waals surface area contributed by atoms with Crippen molar-refractivity contribution in [2.75, 3.05) is 46.8 Å². The molecule has 1 aliphatic heterocycles. The van der Waals surface area contributed by atoms with Crippen molar-refractivity contribution in [3.05, 3.63) is 42.0 Å². The molecule has 0 saturated heterocycles. The van der Waals surface area contributed by atoms with Crippen molar-refractivity contribution in [1.29, 1.82) is 0 Å². The molecule has 0 aromatic heterocycles. The van der Waals surface area contributed by atoms with E-state index < -0.39 is 12.7 Å². The third-order valence-corrected chi connectivity index (χ3v) is 4.09. The van der Waals surface area contributed by atoms with Crippen molar-refractivity contribution in [1.82, 2.24) is 15.1 Å². The molecule has 25 heavy (non-hydrogen) atoms. The molecule has 0 unspecified atom stereocenters. The Labute approximate surface area is 147 Å². The van der Waals surface area contributed by atoms with Gasteiger partial charge >= 0.3 is 6.18 Å². The van der Waals surface area contributed by atoms with Crippen LogP contribution >= 0.6 is 0 Å². The summed E-state index contributed by atoms with van der Waals surface area (Å²) in [5.74, 6) is 0.726. The summed E-state index contributed by atoms with van der Waals surface area (Å²) in [4.78, 5) is 7.60. The van der Waals surface area contributed by atoms with Gasteiger partial charge in [0.1, 0.15) is 0 Å². The molecule has 0 amide bonds. The van der Waals surface area contributed by atoms with Crippen molar-refractivity contribution in [3.63, 3.8) is 0 Å². The molecule has 0 atom stereocenters. The van der Waals surface area contributed by atoms with Crippen molar-refractivity contribution in [3.8, 4) is 0 Å². The van der Waals surface area contributed by atoms with Gasteiger partial charge in [-0.15, -0.1) is 0 Å². The Morgan fingerprint density at radius 1 is 1.28 bits per heavy atom. The molecule has 0 spiro atoms. The number of guanidine groups is 1. The number of rotatable bonds is 5. The van der Waals surface area contributed by atoms with Crippen LogP contribution in [0.15, 0.2) is 41.4 Å². The Morgan fingerprint density at radius 2 is 2.00 bits per heavy atom. The fraction of sp³-hybridized carbons (Fsp3) is 0.500. The molecule has 1 heterocycles. The highest BCUT2D eigenvalue weighted by atomic mass is 19.4. The van der Waals surface area contributed by atoms with Gasteiger partial charge in [-0.25, -0.2) is 0 Å². The third kappa shape index (κ3) is 6.42. The lowest BCUT2D eigenvalue weighted by Crippen LogP contribution is -2.46. The van der Waals surface area contributed by atoms with Crippen molar-refractivity contribution in [2.24, 2.45) is 4.99 Å². The number of alkyl halides is 3. The maximum Gasteiger partial charge on any atom is 0.401 e. The van der Waals surface area contributed by atoms with Crippen molar-refractivity contribution in [2.45, 2.75) is 12.6 Å². The second-order valence-electron chi connectivity index (χ2n) is 6.12. The van der Waals surface area contributed by atoms with E-state index in [1.165, 1.54) is 23.1 Å². The van der Waals surface area contributed by atoms with Crippen molar-refractivity contribution < 1.29 is 13.2 Å². The lowest BCUT2D eigenvalue weighted by molar-refractivity contribution is -0.142. The van der Waals surface area contributed by atoms with Crippen LogP contribution < -0.4 is 5.32 Å². The normalized spacial score (nSPS) is 16.2. The van der Waals surface area contributed by atoms with Crippen molar-refractivity contribution >= 4 is 11.5 Å². The largest absolute Gasteiger partial charge is 0.401 e. The molecule has 4 nitrogen and oxygen atoms in total. The summed E-state index contributed by atoms with van der Waals surface area (Å²) in [5.41, 5.74) is 2.55. The number of halogens is 3. The minimum atomic E-state index is -4.16. The molecule has 0 saturated carbocycles. The number of benzene rings is 1. The third-order valence-electron chi connectivity index (χ3n) is 4.09. The van der Waals surface area contributed by atoms with Crippen LogP contribution in [0.5, 0.6) is 0 Å². The zero-order valence-corrected chi connectivity index (χ0v) is 14.7. The maximum absolute atomic E-state index is 12.3. The minimum Gasteiger partial charge on any atom is -0.355 e. The van der Waals surface area contributed by atoms with E-state index in [0.717, 1.165) is 25.5 Å². The van der Waals surface area contributed by atoms with E-state index in [1.54, 1.807) is 7.05 Å². The first-order chi connectivity index (χ1) is 11.9. The highest BCUT2D eigenvalue weighted by Crippen LogP contribution is 2.21. The van der Waals surface area contributed by atoms with Gasteiger partial charge in [-0.2, -0.15) is 13.2 Å². The molecule has 138 valence electrons. The second kappa shape index (κ2) is 8.89. The molecule has 7 heteroatoms.